The molecular formula is C14H15F4NO2. The third-order valence-corrected chi connectivity index (χ3v) is 3.39. The lowest BCUT2D eigenvalue weighted by Gasteiger charge is -2.36. The van der Waals surface area contributed by atoms with Crippen LogP contribution in [0, 0.1) is 5.82 Å². The predicted molar refractivity (Wildman–Crippen MR) is 67.3 cm³/mol. The van der Waals surface area contributed by atoms with Crippen LogP contribution in [-0.2, 0) is 10.9 Å². The van der Waals surface area contributed by atoms with Gasteiger partial charge in [-0.05, 0) is 32.0 Å². The molecule has 2 atom stereocenters. The summed E-state index contributed by atoms with van der Waals surface area (Å²) >= 11 is 0. The molecule has 0 aliphatic carbocycles. The third-order valence-electron chi connectivity index (χ3n) is 3.39. The molecule has 1 aliphatic rings. The van der Waals surface area contributed by atoms with E-state index in [2.05, 4.69) is 0 Å². The van der Waals surface area contributed by atoms with E-state index < -0.39 is 23.5 Å². The summed E-state index contributed by atoms with van der Waals surface area (Å²) in [6, 6.07) is 2.06. The normalized spacial score (nSPS) is 23.2. The van der Waals surface area contributed by atoms with Gasteiger partial charge in [-0.3, -0.25) is 4.79 Å². The molecule has 0 saturated carbocycles. The summed E-state index contributed by atoms with van der Waals surface area (Å²) in [5.74, 6) is -1.94. The monoisotopic (exact) mass is 305 g/mol. The van der Waals surface area contributed by atoms with Crippen LogP contribution in [0.5, 0.6) is 0 Å². The molecule has 1 aromatic rings. The fraction of sp³-hybridized carbons (Fsp3) is 0.500. The van der Waals surface area contributed by atoms with Crippen molar-refractivity contribution in [3.8, 4) is 0 Å². The minimum absolute atomic E-state index is 0.176. The number of alkyl halides is 3. The van der Waals surface area contributed by atoms with E-state index in [1.807, 2.05) is 0 Å². The number of carbonyl (C=O) groups is 1. The first-order chi connectivity index (χ1) is 9.70. The van der Waals surface area contributed by atoms with Gasteiger partial charge in [0.1, 0.15) is 5.82 Å². The maximum absolute atomic E-state index is 13.2. The van der Waals surface area contributed by atoms with Crippen molar-refractivity contribution in [2.45, 2.75) is 32.2 Å². The lowest BCUT2D eigenvalue weighted by Crippen LogP contribution is -2.50. The highest BCUT2D eigenvalue weighted by Gasteiger charge is 2.36. The molecule has 3 nitrogen and oxygen atoms in total. The van der Waals surface area contributed by atoms with Gasteiger partial charge in [-0.25, -0.2) is 4.39 Å². The molecule has 1 amide bonds. The molecule has 1 saturated heterocycles. The number of halogens is 4. The van der Waals surface area contributed by atoms with Gasteiger partial charge < -0.3 is 9.64 Å². The van der Waals surface area contributed by atoms with Crippen LogP contribution in [0.3, 0.4) is 0 Å². The number of carbonyl (C=O) groups excluding carboxylic acids is 1. The van der Waals surface area contributed by atoms with Gasteiger partial charge in [0.15, 0.2) is 0 Å². The van der Waals surface area contributed by atoms with Crippen LogP contribution in [0.15, 0.2) is 18.2 Å². The van der Waals surface area contributed by atoms with Crippen LogP contribution < -0.4 is 0 Å². The Balaban J connectivity index is 2.31. The Morgan fingerprint density at radius 3 is 2.62 bits per heavy atom. The zero-order valence-electron chi connectivity index (χ0n) is 11.6. The van der Waals surface area contributed by atoms with Gasteiger partial charge in [-0.15, -0.1) is 0 Å². The largest absolute Gasteiger partial charge is 0.419 e. The first-order valence-corrected chi connectivity index (χ1v) is 6.49. The van der Waals surface area contributed by atoms with Gasteiger partial charge in [0, 0.05) is 12.1 Å². The first kappa shape index (κ1) is 15.8. The van der Waals surface area contributed by atoms with Crippen LogP contribution in [0.1, 0.15) is 29.8 Å². The molecule has 2 rings (SSSR count). The summed E-state index contributed by atoms with van der Waals surface area (Å²) in [5, 5.41) is 0. The highest BCUT2D eigenvalue weighted by atomic mass is 19.4. The van der Waals surface area contributed by atoms with Crippen molar-refractivity contribution >= 4 is 5.91 Å². The molecule has 1 heterocycles. The second-order valence-electron chi connectivity index (χ2n) is 5.14. The minimum atomic E-state index is -4.83. The zero-order valence-corrected chi connectivity index (χ0v) is 11.6. The van der Waals surface area contributed by atoms with Crippen molar-refractivity contribution in [2.75, 3.05) is 13.2 Å². The summed E-state index contributed by atoms with van der Waals surface area (Å²) in [5.41, 5.74) is -1.60. The average Bonchev–Trinajstić information content (AvgIpc) is 2.40. The van der Waals surface area contributed by atoms with E-state index in [1.54, 1.807) is 13.8 Å². The highest BCUT2D eigenvalue weighted by molar-refractivity contribution is 5.94. The molecular weight excluding hydrogens is 290 g/mol. The van der Waals surface area contributed by atoms with Crippen LogP contribution in [0.25, 0.3) is 0 Å². The smallest absolute Gasteiger partial charge is 0.375 e. The minimum Gasteiger partial charge on any atom is -0.375 e. The Kier molecular flexibility index (Phi) is 4.22. The molecule has 1 fully saturated rings. The summed E-state index contributed by atoms with van der Waals surface area (Å²) in [7, 11) is 0. The summed E-state index contributed by atoms with van der Waals surface area (Å²) < 4.78 is 56.7. The summed E-state index contributed by atoms with van der Waals surface area (Å²) in [4.78, 5) is 13.8. The molecule has 21 heavy (non-hydrogen) atoms. The molecule has 7 heteroatoms. The van der Waals surface area contributed by atoms with E-state index in [0.717, 1.165) is 6.07 Å². The maximum atomic E-state index is 13.2. The van der Waals surface area contributed by atoms with Gasteiger partial charge in [-0.1, -0.05) is 0 Å². The van der Waals surface area contributed by atoms with Crippen molar-refractivity contribution in [3.63, 3.8) is 0 Å². The summed E-state index contributed by atoms with van der Waals surface area (Å²) in [6.07, 6.45) is -5.02. The van der Waals surface area contributed by atoms with Crippen molar-refractivity contribution in [2.24, 2.45) is 0 Å². The lowest BCUT2D eigenvalue weighted by atomic mass is 10.1. The van der Waals surface area contributed by atoms with Crippen molar-refractivity contribution in [1.82, 2.24) is 4.90 Å². The first-order valence-electron chi connectivity index (χ1n) is 6.49. The number of nitrogens with zero attached hydrogens (tertiary/aromatic N) is 1. The fourth-order valence-electron chi connectivity index (χ4n) is 2.23. The predicted octanol–water partition coefficient (Wildman–Crippen LogP) is 3.09. The molecule has 0 bridgehead atoms. The Bertz CT molecular complexity index is 544. The lowest BCUT2D eigenvalue weighted by molar-refractivity contribution is -0.140. The quantitative estimate of drug-likeness (QED) is 0.746. The number of benzene rings is 1. The fourth-order valence-corrected chi connectivity index (χ4v) is 2.23. The molecule has 1 aromatic carbocycles. The number of hydrogen-bond acceptors (Lipinski definition) is 2. The Labute approximate surface area is 119 Å². The zero-order chi connectivity index (χ0) is 15.8. The Morgan fingerprint density at radius 1 is 1.33 bits per heavy atom. The van der Waals surface area contributed by atoms with E-state index in [-0.39, 0.29) is 17.7 Å². The van der Waals surface area contributed by atoms with Crippen molar-refractivity contribution < 1.29 is 27.1 Å². The standard InChI is InChI=1S/C14H15F4NO2/c1-8-7-21-9(2)6-19(8)13(20)10-3-4-12(15)11(5-10)14(16,17)18/h3-5,8-9H,6-7H2,1-2H3. The van der Waals surface area contributed by atoms with Gasteiger partial charge in [0.05, 0.1) is 24.3 Å². The molecule has 0 radical (unpaired) electrons. The third kappa shape index (κ3) is 3.34. The average molecular weight is 305 g/mol. The highest BCUT2D eigenvalue weighted by Crippen LogP contribution is 2.32. The second-order valence-corrected chi connectivity index (χ2v) is 5.14. The van der Waals surface area contributed by atoms with E-state index >= 15 is 0 Å². The number of ether oxygens (including phenoxy) is 1. The van der Waals surface area contributed by atoms with Crippen LogP contribution >= 0.6 is 0 Å². The second kappa shape index (κ2) is 5.63. The van der Waals surface area contributed by atoms with Crippen molar-refractivity contribution in [1.29, 1.82) is 0 Å². The van der Waals surface area contributed by atoms with Gasteiger partial charge >= 0.3 is 6.18 Å². The molecule has 0 aromatic heterocycles. The molecule has 0 spiro atoms. The van der Waals surface area contributed by atoms with E-state index in [0.29, 0.717) is 25.3 Å². The molecule has 1 aliphatic heterocycles. The van der Waals surface area contributed by atoms with E-state index in [9.17, 15) is 22.4 Å². The van der Waals surface area contributed by atoms with E-state index in [1.165, 1.54) is 4.90 Å². The van der Waals surface area contributed by atoms with Crippen LogP contribution in [-0.4, -0.2) is 36.1 Å². The molecule has 2 unspecified atom stereocenters. The molecule has 116 valence electrons. The topological polar surface area (TPSA) is 29.5 Å². The van der Waals surface area contributed by atoms with Crippen LogP contribution in [0.4, 0.5) is 17.6 Å². The van der Waals surface area contributed by atoms with Crippen LogP contribution in [0.2, 0.25) is 0 Å². The van der Waals surface area contributed by atoms with Gasteiger partial charge in [0.25, 0.3) is 5.91 Å². The Morgan fingerprint density at radius 2 is 2.00 bits per heavy atom. The Hall–Kier alpha value is -1.63. The van der Waals surface area contributed by atoms with Gasteiger partial charge in [-0.2, -0.15) is 13.2 Å². The summed E-state index contributed by atoms with van der Waals surface area (Å²) in [6.45, 7) is 4.13. The number of morpholine rings is 1. The maximum Gasteiger partial charge on any atom is 0.419 e. The number of amides is 1. The SMILES string of the molecule is CC1CN(C(=O)c2ccc(F)c(C(F)(F)F)c2)C(C)CO1. The van der Waals surface area contributed by atoms with Crippen molar-refractivity contribution in [3.05, 3.63) is 35.1 Å². The van der Waals surface area contributed by atoms with Gasteiger partial charge in [0.2, 0.25) is 0 Å². The van der Waals surface area contributed by atoms with E-state index in [4.69, 9.17) is 4.74 Å². The number of hydrogen-bond donors (Lipinski definition) is 0. The number of rotatable bonds is 1. The molecule has 0 N–H and O–H groups in total.